The van der Waals surface area contributed by atoms with Crippen molar-refractivity contribution in [3.8, 4) is 0 Å². The maximum Gasteiger partial charge on any atom is 0.252 e. The molecule has 0 spiro atoms. The van der Waals surface area contributed by atoms with Crippen LogP contribution in [0.15, 0.2) is 16.3 Å². The predicted molar refractivity (Wildman–Crippen MR) is 77.3 cm³/mol. The Bertz CT molecular complexity index is 509. The minimum Gasteiger partial charge on any atom is -0.381 e. The van der Waals surface area contributed by atoms with Gasteiger partial charge in [-0.05, 0) is 30.9 Å². The Labute approximate surface area is 123 Å². The molecule has 1 aromatic rings. The van der Waals surface area contributed by atoms with E-state index in [1.54, 1.807) is 16.4 Å². The molecule has 1 unspecified atom stereocenters. The number of ether oxygens (including phenoxy) is 1. The fourth-order valence-corrected chi connectivity index (χ4v) is 5.38. The number of halogens is 1. The van der Waals surface area contributed by atoms with Crippen LogP contribution in [0.3, 0.4) is 0 Å². The molecule has 2 rings (SSSR count). The second-order valence-corrected chi connectivity index (χ2v) is 8.53. The first-order valence-corrected chi connectivity index (χ1v) is 9.00. The van der Waals surface area contributed by atoms with Gasteiger partial charge in [-0.15, -0.1) is 11.3 Å². The van der Waals surface area contributed by atoms with Crippen LogP contribution in [0, 0.1) is 5.92 Å². The highest BCUT2D eigenvalue weighted by molar-refractivity contribution is 7.91. The Kier molecular flexibility index (Phi) is 5.25. The van der Waals surface area contributed by atoms with E-state index in [1.807, 2.05) is 6.92 Å². The molecule has 1 saturated heterocycles. The lowest BCUT2D eigenvalue weighted by atomic mass is 10.1. The zero-order chi connectivity index (χ0) is 13.9. The van der Waals surface area contributed by atoms with E-state index < -0.39 is 10.0 Å². The van der Waals surface area contributed by atoms with E-state index in [9.17, 15) is 8.42 Å². The van der Waals surface area contributed by atoms with Crippen molar-refractivity contribution in [2.45, 2.75) is 24.0 Å². The summed E-state index contributed by atoms with van der Waals surface area (Å²) in [6.07, 6.45) is 1.73. The fraction of sp³-hybridized carbons (Fsp3) is 0.667. The fourth-order valence-electron chi connectivity index (χ4n) is 2.14. The van der Waals surface area contributed by atoms with Gasteiger partial charge in [-0.3, -0.25) is 0 Å². The highest BCUT2D eigenvalue weighted by Crippen LogP contribution is 2.29. The number of sulfonamides is 1. The summed E-state index contributed by atoms with van der Waals surface area (Å²) in [4.78, 5) is 0. The van der Waals surface area contributed by atoms with E-state index in [2.05, 4.69) is 0 Å². The zero-order valence-electron chi connectivity index (χ0n) is 10.8. The van der Waals surface area contributed by atoms with Crippen LogP contribution >= 0.6 is 22.9 Å². The van der Waals surface area contributed by atoms with E-state index in [0.29, 0.717) is 34.2 Å². The third-order valence-electron chi connectivity index (χ3n) is 3.10. The Hall–Kier alpha value is -0.140. The monoisotopic (exact) mass is 323 g/mol. The smallest absolute Gasteiger partial charge is 0.252 e. The van der Waals surface area contributed by atoms with Gasteiger partial charge >= 0.3 is 0 Å². The minimum atomic E-state index is -3.42. The normalized spacial score (nSPS) is 20.3. The van der Waals surface area contributed by atoms with Crippen molar-refractivity contribution in [2.75, 3.05) is 26.3 Å². The van der Waals surface area contributed by atoms with Crippen LogP contribution in [0.1, 0.15) is 19.8 Å². The topological polar surface area (TPSA) is 46.6 Å². The molecule has 2 heterocycles. The highest BCUT2D eigenvalue weighted by Gasteiger charge is 2.29. The molecular weight excluding hydrogens is 306 g/mol. The molecule has 7 heteroatoms. The molecule has 4 nitrogen and oxygen atoms in total. The first-order chi connectivity index (χ1) is 9.04. The Morgan fingerprint density at radius 3 is 2.84 bits per heavy atom. The Morgan fingerprint density at radius 1 is 1.53 bits per heavy atom. The summed E-state index contributed by atoms with van der Waals surface area (Å²) in [5.41, 5.74) is 0. The van der Waals surface area contributed by atoms with Crippen molar-refractivity contribution in [1.29, 1.82) is 0 Å². The van der Waals surface area contributed by atoms with E-state index >= 15 is 0 Å². The van der Waals surface area contributed by atoms with Crippen molar-refractivity contribution in [3.63, 3.8) is 0 Å². The highest BCUT2D eigenvalue weighted by atomic mass is 35.5. The molecule has 0 bridgehead atoms. The summed E-state index contributed by atoms with van der Waals surface area (Å²) >= 11 is 6.95. The second kappa shape index (κ2) is 6.54. The van der Waals surface area contributed by atoms with Gasteiger partial charge in [0.15, 0.2) is 0 Å². The van der Waals surface area contributed by atoms with Gasteiger partial charge < -0.3 is 4.74 Å². The van der Waals surface area contributed by atoms with Crippen molar-refractivity contribution >= 4 is 33.0 Å². The molecule has 1 fully saturated rings. The molecular formula is C12H18ClNO3S2. The molecule has 19 heavy (non-hydrogen) atoms. The van der Waals surface area contributed by atoms with Crippen LogP contribution in [0.2, 0.25) is 4.34 Å². The molecule has 1 aliphatic rings. The van der Waals surface area contributed by atoms with E-state index in [-0.39, 0.29) is 0 Å². The van der Waals surface area contributed by atoms with Gasteiger partial charge in [0.25, 0.3) is 10.0 Å². The molecule has 1 atom stereocenters. The molecule has 1 aliphatic heterocycles. The molecule has 108 valence electrons. The number of hydrogen-bond donors (Lipinski definition) is 0. The van der Waals surface area contributed by atoms with E-state index in [1.165, 1.54) is 0 Å². The van der Waals surface area contributed by atoms with E-state index in [0.717, 1.165) is 30.8 Å². The van der Waals surface area contributed by atoms with Gasteiger partial charge in [-0.25, -0.2) is 8.42 Å². The molecule has 0 amide bonds. The van der Waals surface area contributed by atoms with E-state index in [4.69, 9.17) is 16.3 Å². The molecule has 0 N–H and O–H groups in total. The number of nitrogens with zero attached hydrogens (tertiary/aromatic N) is 1. The summed E-state index contributed by atoms with van der Waals surface area (Å²) in [6, 6.07) is 3.21. The van der Waals surface area contributed by atoms with Gasteiger partial charge in [-0.1, -0.05) is 18.5 Å². The van der Waals surface area contributed by atoms with Gasteiger partial charge in [0.05, 0.1) is 10.9 Å². The van der Waals surface area contributed by atoms with Crippen molar-refractivity contribution < 1.29 is 13.2 Å². The predicted octanol–water partition coefficient (Wildman–Crippen LogP) is 2.84. The van der Waals surface area contributed by atoms with Crippen LogP contribution in [0.25, 0.3) is 0 Å². The van der Waals surface area contributed by atoms with Crippen molar-refractivity contribution in [1.82, 2.24) is 4.31 Å². The van der Waals surface area contributed by atoms with Gasteiger partial charge in [0, 0.05) is 19.7 Å². The zero-order valence-corrected chi connectivity index (χ0v) is 13.2. The second-order valence-electron chi connectivity index (χ2n) is 4.65. The molecule has 0 aliphatic carbocycles. The largest absolute Gasteiger partial charge is 0.381 e. The summed E-state index contributed by atoms with van der Waals surface area (Å²) < 4.78 is 32.8. The quantitative estimate of drug-likeness (QED) is 0.808. The van der Waals surface area contributed by atoms with Crippen LogP contribution < -0.4 is 0 Å². The molecule has 0 aromatic carbocycles. The third kappa shape index (κ3) is 3.70. The molecule has 1 aromatic heterocycles. The summed E-state index contributed by atoms with van der Waals surface area (Å²) in [7, 11) is -3.42. The lowest BCUT2D eigenvalue weighted by Crippen LogP contribution is -2.35. The average molecular weight is 324 g/mol. The van der Waals surface area contributed by atoms with Crippen molar-refractivity contribution in [2.24, 2.45) is 5.92 Å². The first-order valence-electron chi connectivity index (χ1n) is 6.37. The number of rotatable bonds is 6. The average Bonchev–Trinajstić information content (AvgIpc) is 3.00. The Morgan fingerprint density at radius 2 is 2.32 bits per heavy atom. The van der Waals surface area contributed by atoms with Crippen LogP contribution in [0.5, 0.6) is 0 Å². The lowest BCUT2D eigenvalue weighted by Gasteiger charge is -2.23. The summed E-state index contributed by atoms with van der Waals surface area (Å²) in [6.45, 7) is 4.44. The maximum atomic E-state index is 12.6. The van der Waals surface area contributed by atoms with Gasteiger partial charge in [-0.2, -0.15) is 4.31 Å². The number of thiophene rings is 1. The van der Waals surface area contributed by atoms with Gasteiger partial charge in [0.1, 0.15) is 4.21 Å². The maximum absolute atomic E-state index is 12.6. The Balaban J connectivity index is 2.16. The molecule has 0 radical (unpaired) electrons. The van der Waals surface area contributed by atoms with Crippen LogP contribution in [-0.2, 0) is 14.8 Å². The summed E-state index contributed by atoms with van der Waals surface area (Å²) in [5, 5.41) is 0. The van der Waals surface area contributed by atoms with Gasteiger partial charge in [0.2, 0.25) is 0 Å². The van der Waals surface area contributed by atoms with Crippen LogP contribution in [-0.4, -0.2) is 39.0 Å². The SMILES string of the molecule is CCCN(CC1CCOC1)S(=O)(=O)c1ccc(Cl)s1. The summed E-state index contributed by atoms with van der Waals surface area (Å²) in [5.74, 6) is 0.303. The minimum absolute atomic E-state index is 0.303. The lowest BCUT2D eigenvalue weighted by molar-refractivity contribution is 0.180. The third-order valence-corrected chi connectivity index (χ3v) is 6.67. The standard InChI is InChI=1S/C12H18ClNO3S2/c1-2-6-14(8-10-5-7-17-9-10)19(15,16)12-4-3-11(13)18-12/h3-4,10H,2,5-9H2,1H3. The number of hydrogen-bond acceptors (Lipinski definition) is 4. The van der Waals surface area contributed by atoms with Crippen molar-refractivity contribution in [3.05, 3.63) is 16.5 Å². The van der Waals surface area contributed by atoms with Crippen LogP contribution in [0.4, 0.5) is 0 Å². The first kappa shape index (κ1) is 15.3. The molecule has 0 saturated carbocycles.